The fraction of sp³-hybridized carbons (Fsp3) is 0.800. The second-order valence-corrected chi connectivity index (χ2v) is 6.52. The molecule has 0 atom stereocenters. The predicted octanol–water partition coefficient (Wildman–Crippen LogP) is 1.21. The smallest absolute Gasteiger partial charge is 0.347 e. The molecule has 0 rings (SSSR count). The molecule has 96 valence electrons. The standard InChI is InChI=1S/C10H24O4Si2/c1-5-11-15(12-6-2)9-10-16(13-7-3)14-8-4/h9-10,15-16H,5-8H2,1-4H3. The van der Waals surface area contributed by atoms with Crippen LogP contribution in [0.25, 0.3) is 0 Å². The first-order valence-corrected chi connectivity index (χ1v) is 9.14. The van der Waals surface area contributed by atoms with E-state index in [-0.39, 0.29) is 0 Å². The summed E-state index contributed by atoms with van der Waals surface area (Å²) >= 11 is 0. The first-order valence-electron chi connectivity index (χ1n) is 5.93. The molecule has 0 bridgehead atoms. The SMILES string of the molecule is CCO[SiH](C=C[SiH](OCC)OCC)OCC. The minimum absolute atomic E-state index is 0.691. The van der Waals surface area contributed by atoms with Crippen LogP contribution in [0.2, 0.25) is 0 Å². The molecule has 0 heterocycles. The monoisotopic (exact) mass is 264 g/mol. The van der Waals surface area contributed by atoms with E-state index in [9.17, 15) is 0 Å². The van der Waals surface area contributed by atoms with Crippen LogP contribution in [0.1, 0.15) is 27.7 Å². The van der Waals surface area contributed by atoms with E-state index in [0.29, 0.717) is 26.4 Å². The van der Waals surface area contributed by atoms with Gasteiger partial charge in [0.2, 0.25) is 0 Å². The molecule has 0 spiro atoms. The molecular weight excluding hydrogens is 240 g/mol. The van der Waals surface area contributed by atoms with E-state index in [1.807, 2.05) is 39.1 Å². The maximum absolute atomic E-state index is 5.53. The Kier molecular flexibility index (Phi) is 11.5. The van der Waals surface area contributed by atoms with Crippen molar-refractivity contribution in [2.45, 2.75) is 27.7 Å². The Balaban J connectivity index is 4.12. The van der Waals surface area contributed by atoms with Crippen molar-refractivity contribution in [3.05, 3.63) is 11.4 Å². The van der Waals surface area contributed by atoms with E-state index in [1.165, 1.54) is 0 Å². The minimum Gasteiger partial charge on any atom is -0.394 e. The largest absolute Gasteiger partial charge is 0.394 e. The van der Waals surface area contributed by atoms with Crippen LogP contribution >= 0.6 is 0 Å². The molecule has 0 fully saturated rings. The molecular formula is C10H24O4Si2. The van der Waals surface area contributed by atoms with Crippen LogP contribution in [-0.2, 0) is 17.7 Å². The van der Waals surface area contributed by atoms with Crippen molar-refractivity contribution >= 4 is 18.6 Å². The van der Waals surface area contributed by atoms with Gasteiger partial charge in [0.15, 0.2) is 0 Å². The van der Waals surface area contributed by atoms with Gasteiger partial charge in [0.05, 0.1) is 0 Å². The van der Waals surface area contributed by atoms with Crippen molar-refractivity contribution in [3.63, 3.8) is 0 Å². The number of hydrogen-bond acceptors (Lipinski definition) is 4. The Labute approximate surface area is 102 Å². The summed E-state index contributed by atoms with van der Waals surface area (Å²) in [5, 5.41) is 0. The van der Waals surface area contributed by atoms with E-state index in [1.54, 1.807) is 0 Å². The van der Waals surface area contributed by atoms with Crippen molar-refractivity contribution < 1.29 is 17.7 Å². The molecule has 0 saturated carbocycles. The van der Waals surface area contributed by atoms with Crippen LogP contribution in [0.4, 0.5) is 0 Å². The summed E-state index contributed by atoms with van der Waals surface area (Å²) in [6, 6.07) is 0. The number of rotatable bonds is 10. The van der Waals surface area contributed by atoms with E-state index in [4.69, 9.17) is 17.7 Å². The van der Waals surface area contributed by atoms with Crippen LogP contribution in [0, 0.1) is 0 Å². The summed E-state index contributed by atoms with van der Waals surface area (Å²) in [5.74, 6) is 0. The maximum atomic E-state index is 5.53. The fourth-order valence-electron chi connectivity index (χ4n) is 1.16. The fourth-order valence-corrected chi connectivity index (χ4v) is 4.56. The summed E-state index contributed by atoms with van der Waals surface area (Å²) in [4.78, 5) is 0. The third-order valence-corrected chi connectivity index (χ3v) is 5.91. The zero-order valence-electron chi connectivity index (χ0n) is 10.8. The van der Waals surface area contributed by atoms with Crippen LogP contribution in [-0.4, -0.2) is 45.0 Å². The first-order chi connectivity index (χ1) is 7.78. The molecule has 0 aliphatic carbocycles. The summed E-state index contributed by atoms with van der Waals surface area (Å²) in [5.41, 5.74) is 4.05. The van der Waals surface area contributed by atoms with E-state index >= 15 is 0 Å². The van der Waals surface area contributed by atoms with E-state index in [2.05, 4.69) is 0 Å². The van der Waals surface area contributed by atoms with E-state index < -0.39 is 18.6 Å². The van der Waals surface area contributed by atoms with Crippen molar-refractivity contribution in [3.8, 4) is 0 Å². The molecule has 0 aromatic carbocycles. The Morgan fingerprint density at radius 3 is 1.06 bits per heavy atom. The second kappa shape index (κ2) is 11.5. The summed E-state index contributed by atoms with van der Waals surface area (Å²) in [7, 11) is -3.29. The highest BCUT2D eigenvalue weighted by Crippen LogP contribution is 1.97. The molecule has 0 amide bonds. The predicted molar refractivity (Wildman–Crippen MR) is 69.9 cm³/mol. The summed E-state index contributed by atoms with van der Waals surface area (Å²) < 4.78 is 22.1. The summed E-state index contributed by atoms with van der Waals surface area (Å²) in [6.07, 6.45) is 0. The molecule has 6 heteroatoms. The normalized spacial score (nSPS) is 12.1. The highest BCUT2D eigenvalue weighted by molar-refractivity contribution is 6.57. The molecule has 0 radical (unpaired) electrons. The molecule has 0 saturated heterocycles. The first kappa shape index (κ1) is 16.0. The van der Waals surface area contributed by atoms with E-state index in [0.717, 1.165) is 0 Å². The van der Waals surface area contributed by atoms with Crippen LogP contribution in [0.15, 0.2) is 11.4 Å². The van der Waals surface area contributed by atoms with Gasteiger partial charge in [-0.2, -0.15) is 0 Å². The van der Waals surface area contributed by atoms with Gasteiger partial charge in [0, 0.05) is 26.4 Å². The lowest BCUT2D eigenvalue weighted by molar-refractivity contribution is 0.220. The zero-order chi connectivity index (χ0) is 12.2. The minimum atomic E-state index is -1.65. The van der Waals surface area contributed by atoms with Gasteiger partial charge in [-0.3, -0.25) is 0 Å². The van der Waals surface area contributed by atoms with Gasteiger partial charge < -0.3 is 17.7 Å². The van der Waals surface area contributed by atoms with Crippen LogP contribution < -0.4 is 0 Å². The third kappa shape index (κ3) is 8.20. The molecule has 0 N–H and O–H groups in total. The lowest BCUT2D eigenvalue weighted by Crippen LogP contribution is -2.25. The van der Waals surface area contributed by atoms with Crippen LogP contribution in [0.3, 0.4) is 0 Å². The third-order valence-electron chi connectivity index (χ3n) is 1.75. The Bertz CT molecular complexity index is 148. The Morgan fingerprint density at radius 1 is 0.625 bits per heavy atom. The average Bonchev–Trinajstić information content (AvgIpc) is 2.27. The molecule has 0 aliphatic heterocycles. The molecule has 4 nitrogen and oxygen atoms in total. The Hall–Kier alpha value is 0.0138. The van der Waals surface area contributed by atoms with Crippen molar-refractivity contribution in [1.29, 1.82) is 0 Å². The zero-order valence-corrected chi connectivity index (χ0v) is 13.1. The topological polar surface area (TPSA) is 36.9 Å². The van der Waals surface area contributed by atoms with Gasteiger partial charge in [-0.25, -0.2) is 0 Å². The second-order valence-electron chi connectivity index (χ2n) is 2.94. The quantitative estimate of drug-likeness (QED) is 0.556. The molecule has 0 unspecified atom stereocenters. The van der Waals surface area contributed by atoms with Gasteiger partial charge >= 0.3 is 18.6 Å². The number of hydrogen-bond donors (Lipinski definition) is 0. The summed E-state index contributed by atoms with van der Waals surface area (Å²) in [6.45, 7) is 10.7. The van der Waals surface area contributed by atoms with Crippen LogP contribution in [0.5, 0.6) is 0 Å². The van der Waals surface area contributed by atoms with Gasteiger partial charge in [-0.05, 0) is 39.1 Å². The lowest BCUT2D eigenvalue weighted by Gasteiger charge is -2.13. The highest BCUT2D eigenvalue weighted by atomic mass is 28.3. The van der Waals surface area contributed by atoms with Crippen molar-refractivity contribution in [2.24, 2.45) is 0 Å². The van der Waals surface area contributed by atoms with Gasteiger partial charge in [-0.15, -0.1) is 0 Å². The van der Waals surface area contributed by atoms with Gasteiger partial charge in [-0.1, -0.05) is 0 Å². The van der Waals surface area contributed by atoms with Crippen molar-refractivity contribution in [1.82, 2.24) is 0 Å². The maximum Gasteiger partial charge on any atom is 0.347 e. The molecule has 0 aromatic rings. The highest BCUT2D eigenvalue weighted by Gasteiger charge is 2.11. The van der Waals surface area contributed by atoms with Gasteiger partial charge in [0.25, 0.3) is 0 Å². The molecule has 0 aliphatic rings. The average molecular weight is 264 g/mol. The van der Waals surface area contributed by atoms with Gasteiger partial charge in [0.1, 0.15) is 0 Å². The lowest BCUT2D eigenvalue weighted by atomic mass is 10.9. The Morgan fingerprint density at radius 2 is 0.875 bits per heavy atom. The molecule has 0 aromatic heterocycles. The van der Waals surface area contributed by atoms with Crippen molar-refractivity contribution in [2.75, 3.05) is 26.4 Å². The molecule has 16 heavy (non-hydrogen) atoms.